The topological polar surface area (TPSA) is 38.8 Å². The summed E-state index contributed by atoms with van der Waals surface area (Å²) >= 11 is 0. The highest BCUT2D eigenvalue weighted by Crippen LogP contribution is 2.37. The van der Waals surface area contributed by atoms with E-state index in [1.165, 1.54) is 0 Å². The first kappa shape index (κ1) is 15.7. The van der Waals surface area contributed by atoms with Gasteiger partial charge in [-0.05, 0) is 25.1 Å². The molecule has 106 valence electrons. The Bertz CT molecular complexity index is 293. The fourth-order valence-corrected chi connectivity index (χ4v) is 3.05. The van der Waals surface area contributed by atoms with E-state index < -0.39 is 8.32 Å². The van der Waals surface area contributed by atoms with E-state index in [2.05, 4.69) is 33.9 Å². The van der Waals surface area contributed by atoms with Gasteiger partial charge in [0.2, 0.25) is 5.91 Å². The maximum absolute atomic E-state index is 12.3. The lowest BCUT2D eigenvalue weighted by atomic mass is 10.2. The molecule has 0 N–H and O–H groups in total. The lowest BCUT2D eigenvalue weighted by Gasteiger charge is -2.39. The standard InChI is InChI=1S/C13H27NO3Si/c1-11(17-18(5,6)13(2,3)4)12(15)14-7-9-16-10-8-14/h11H,7-10H2,1-6H3/t11-/m0/s1. The van der Waals surface area contributed by atoms with Crippen LogP contribution in [-0.2, 0) is 14.0 Å². The molecule has 0 radical (unpaired) electrons. The number of amides is 1. The zero-order valence-electron chi connectivity index (χ0n) is 12.6. The lowest BCUT2D eigenvalue weighted by molar-refractivity contribution is -0.142. The Morgan fingerprint density at radius 1 is 1.28 bits per heavy atom. The van der Waals surface area contributed by atoms with Crippen molar-refractivity contribution in [3.63, 3.8) is 0 Å². The van der Waals surface area contributed by atoms with Crippen molar-refractivity contribution in [2.75, 3.05) is 26.3 Å². The number of nitrogens with zero attached hydrogens (tertiary/aromatic N) is 1. The van der Waals surface area contributed by atoms with Crippen LogP contribution in [0, 0.1) is 0 Å². The minimum atomic E-state index is -1.87. The van der Waals surface area contributed by atoms with Crippen molar-refractivity contribution >= 4 is 14.2 Å². The van der Waals surface area contributed by atoms with Gasteiger partial charge in [0.15, 0.2) is 8.32 Å². The van der Waals surface area contributed by atoms with E-state index in [1.54, 1.807) is 0 Å². The van der Waals surface area contributed by atoms with Gasteiger partial charge >= 0.3 is 0 Å². The molecule has 0 aromatic heterocycles. The van der Waals surface area contributed by atoms with Crippen molar-refractivity contribution in [2.24, 2.45) is 0 Å². The largest absolute Gasteiger partial charge is 0.405 e. The van der Waals surface area contributed by atoms with E-state index >= 15 is 0 Å². The second-order valence-electron chi connectivity index (χ2n) is 6.46. The molecule has 18 heavy (non-hydrogen) atoms. The predicted octanol–water partition coefficient (Wildman–Crippen LogP) is 2.26. The second kappa shape index (κ2) is 5.71. The van der Waals surface area contributed by atoms with E-state index in [4.69, 9.17) is 9.16 Å². The summed E-state index contributed by atoms with van der Waals surface area (Å²) < 4.78 is 11.4. The third kappa shape index (κ3) is 3.80. The minimum Gasteiger partial charge on any atom is -0.405 e. The molecule has 0 aromatic rings. The fourth-order valence-electron chi connectivity index (χ4n) is 1.71. The quantitative estimate of drug-likeness (QED) is 0.740. The molecule has 1 heterocycles. The second-order valence-corrected chi connectivity index (χ2v) is 11.2. The maximum atomic E-state index is 12.3. The average molecular weight is 273 g/mol. The monoisotopic (exact) mass is 273 g/mol. The Balaban J connectivity index is 2.59. The molecular weight excluding hydrogens is 246 g/mol. The van der Waals surface area contributed by atoms with Crippen molar-refractivity contribution in [3.8, 4) is 0 Å². The average Bonchev–Trinajstić information content (AvgIpc) is 2.27. The number of hydrogen-bond donors (Lipinski definition) is 0. The summed E-state index contributed by atoms with van der Waals surface area (Å²) in [6.07, 6.45) is -0.344. The van der Waals surface area contributed by atoms with Crippen LogP contribution in [0.3, 0.4) is 0 Å². The summed E-state index contributed by atoms with van der Waals surface area (Å²) in [5.41, 5.74) is 0. The molecule has 5 heteroatoms. The van der Waals surface area contributed by atoms with Crippen LogP contribution in [0.4, 0.5) is 0 Å². The van der Waals surface area contributed by atoms with Gasteiger partial charge in [0, 0.05) is 13.1 Å². The van der Waals surface area contributed by atoms with Gasteiger partial charge in [-0.1, -0.05) is 20.8 Å². The van der Waals surface area contributed by atoms with Gasteiger partial charge < -0.3 is 14.1 Å². The summed E-state index contributed by atoms with van der Waals surface area (Å²) in [5.74, 6) is 0.100. The molecule has 1 atom stereocenters. The van der Waals surface area contributed by atoms with Crippen LogP contribution in [0.5, 0.6) is 0 Å². The molecule has 0 unspecified atom stereocenters. The van der Waals surface area contributed by atoms with E-state index in [1.807, 2.05) is 11.8 Å². The van der Waals surface area contributed by atoms with Crippen LogP contribution < -0.4 is 0 Å². The molecule has 0 saturated carbocycles. The number of rotatable bonds is 3. The number of morpholine rings is 1. The maximum Gasteiger partial charge on any atom is 0.250 e. The molecule has 1 saturated heterocycles. The first-order valence-corrected chi connectivity index (χ1v) is 9.60. The molecule has 1 fully saturated rings. The van der Waals surface area contributed by atoms with Crippen LogP contribution >= 0.6 is 0 Å². The molecule has 0 aromatic carbocycles. The van der Waals surface area contributed by atoms with E-state index in [0.717, 1.165) is 0 Å². The summed E-state index contributed by atoms with van der Waals surface area (Å²) in [6, 6.07) is 0. The number of ether oxygens (including phenoxy) is 1. The first-order valence-electron chi connectivity index (χ1n) is 6.69. The highest BCUT2D eigenvalue weighted by atomic mass is 28.4. The Labute approximate surface area is 112 Å². The van der Waals surface area contributed by atoms with Gasteiger partial charge in [-0.3, -0.25) is 4.79 Å². The van der Waals surface area contributed by atoms with Crippen molar-refractivity contribution in [2.45, 2.75) is 51.9 Å². The summed E-state index contributed by atoms with van der Waals surface area (Å²) in [7, 11) is -1.87. The first-order chi connectivity index (χ1) is 8.15. The van der Waals surface area contributed by atoms with Crippen molar-refractivity contribution < 1.29 is 14.0 Å². The smallest absolute Gasteiger partial charge is 0.250 e. The van der Waals surface area contributed by atoms with E-state index in [9.17, 15) is 4.79 Å². The minimum absolute atomic E-state index is 0.100. The van der Waals surface area contributed by atoms with Crippen LogP contribution in [0.15, 0.2) is 0 Å². The summed E-state index contributed by atoms with van der Waals surface area (Å²) in [5, 5.41) is 0.131. The third-order valence-electron chi connectivity index (χ3n) is 3.95. The zero-order chi connectivity index (χ0) is 14.0. The lowest BCUT2D eigenvalue weighted by Crippen LogP contribution is -2.50. The predicted molar refractivity (Wildman–Crippen MR) is 75.1 cm³/mol. The van der Waals surface area contributed by atoms with Crippen LogP contribution in [0.1, 0.15) is 27.7 Å². The highest BCUT2D eigenvalue weighted by molar-refractivity contribution is 6.74. The van der Waals surface area contributed by atoms with Gasteiger partial charge in [0.05, 0.1) is 13.2 Å². The van der Waals surface area contributed by atoms with Gasteiger partial charge in [0.1, 0.15) is 6.10 Å². The molecule has 0 aliphatic carbocycles. The van der Waals surface area contributed by atoms with Gasteiger partial charge in [-0.2, -0.15) is 0 Å². The van der Waals surface area contributed by atoms with Crippen LogP contribution in [-0.4, -0.2) is 51.5 Å². The van der Waals surface area contributed by atoms with Crippen molar-refractivity contribution in [1.82, 2.24) is 4.90 Å². The van der Waals surface area contributed by atoms with E-state index in [0.29, 0.717) is 26.3 Å². The third-order valence-corrected chi connectivity index (χ3v) is 8.50. The number of carbonyl (C=O) groups excluding carboxylic acids is 1. The molecule has 1 rings (SSSR count). The Hall–Kier alpha value is -0.393. The van der Waals surface area contributed by atoms with Crippen molar-refractivity contribution in [3.05, 3.63) is 0 Å². The Morgan fingerprint density at radius 3 is 2.22 bits per heavy atom. The fraction of sp³-hybridized carbons (Fsp3) is 0.923. The van der Waals surface area contributed by atoms with Crippen molar-refractivity contribution in [1.29, 1.82) is 0 Å². The highest BCUT2D eigenvalue weighted by Gasteiger charge is 2.40. The number of carbonyl (C=O) groups is 1. The molecule has 0 spiro atoms. The van der Waals surface area contributed by atoms with Gasteiger partial charge in [0.25, 0.3) is 0 Å². The SMILES string of the molecule is C[C@H](O[Si](C)(C)C(C)(C)C)C(=O)N1CCOCC1. The van der Waals surface area contributed by atoms with Crippen LogP contribution in [0.25, 0.3) is 0 Å². The molecule has 1 aliphatic rings. The zero-order valence-corrected chi connectivity index (χ0v) is 13.6. The Kier molecular flexibility index (Phi) is 4.97. The molecule has 0 bridgehead atoms. The summed E-state index contributed by atoms with van der Waals surface area (Å²) in [4.78, 5) is 14.1. The van der Waals surface area contributed by atoms with Gasteiger partial charge in [-0.15, -0.1) is 0 Å². The molecule has 1 amide bonds. The molecule has 4 nitrogen and oxygen atoms in total. The van der Waals surface area contributed by atoms with Gasteiger partial charge in [-0.25, -0.2) is 0 Å². The normalized spacial score (nSPS) is 19.8. The Morgan fingerprint density at radius 2 is 1.78 bits per heavy atom. The summed E-state index contributed by atoms with van der Waals surface area (Å²) in [6.45, 7) is 15.4. The van der Waals surface area contributed by atoms with E-state index in [-0.39, 0.29) is 17.0 Å². The number of hydrogen-bond acceptors (Lipinski definition) is 3. The van der Waals surface area contributed by atoms with Crippen LogP contribution in [0.2, 0.25) is 18.1 Å². The molecule has 1 aliphatic heterocycles. The molecular formula is C13H27NO3Si.